The van der Waals surface area contributed by atoms with Crippen LogP contribution in [0.15, 0.2) is 28.4 Å². The Morgan fingerprint density at radius 3 is 2.85 bits per heavy atom. The first-order chi connectivity index (χ1) is 13.0. The summed E-state index contributed by atoms with van der Waals surface area (Å²) in [4.78, 5) is 32.9. The summed E-state index contributed by atoms with van der Waals surface area (Å²) in [6.07, 6.45) is 6.49. The molecule has 1 amide bonds. The first-order valence-corrected chi connectivity index (χ1v) is 10.4. The normalized spacial score (nSPS) is 16.8. The summed E-state index contributed by atoms with van der Waals surface area (Å²) < 4.78 is 3.35. The third kappa shape index (κ3) is 5.41. The van der Waals surface area contributed by atoms with Gasteiger partial charge in [0.05, 0.1) is 5.75 Å². The van der Waals surface area contributed by atoms with Gasteiger partial charge in [0.15, 0.2) is 5.16 Å². The van der Waals surface area contributed by atoms with E-state index in [1.807, 2.05) is 0 Å². The van der Waals surface area contributed by atoms with E-state index < -0.39 is 0 Å². The minimum absolute atomic E-state index is 0.0330. The second-order valence-electron chi connectivity index (χ2n) is 7.17. The highest BCUT2D eigenvalue weighted by Crippen LogP contribution is 2.14. The van der Waals surface area contributed by atoms with E-state index in [0.29, 0.717) is 30.6 Å². The number of fused-ring (bicyclic) bond motifs is 1. The number of thioether (sulfide) groups is 1. The van der Waals surface area contributed by atoms with Gasteiger partial charge in [0, 0.05) is 37.9 Å². The fourth-order valence-corrected chi connectivity index (χ4v) is 3.67. The maximum atomic E-state index is 12.5. The molecule has 1 aliphatic heterocycles. The Bertz CT molecular complexity index is 817. The van der Waals surface area contributed by atoms with E-state index in [9.17, 15) is 9.59 Å². The quantitative estimate of drug-likeness (QED) is 0.569. The standard InChI is InChI=1S/C18H26N6O2S/c1-13(2)6-11-24-18(26)23-10-7-14(4-5-15(23)22-24)21-16(25)12-27-17-19-8-3-9-20-17/h3,8-9,13-14H,4-7,10-12H2,1-2H3,(H,21,25). The van der Waals surface area contributed by atoms with E-state index in [4.69, 9.17) is 0 Å². The Balaban J connectivity index is 1.51. The molecule has 1 aliphatic rings. The van der Waals surface area contributed by atoms with Gasteiger partial charge in [-0.05, 0) is 31.2 Å². The minimum Gasteiger partial charge on any atom is -0.353 e. The molecule has 1 atom stereocenters. The monoisotopic (exact) mass is 390 g/mol. The molecule has 3 rings (SSSR count). The Hall–Kier alpha value is -2.16. The Kier molecular flexibility index (Phi) is 6.65. The number of hydrogen-bond acceptors (Lipinski definition) is 6. The second kappa shape index (κ2) is 9.16. The number of aromatic nitrogens is 5. The zero-order valence-corrected chi connectivity index (χ0v) is 16.6. The molecule has 2 aromatic rings. The van der Waals surface area contributed by atoms with Crippen molar-refractivity contribution in [3.05, 3.63) is 34.8 Å². The molecule has 3 heterocycles. The highest BCUT2D eigenvalue weighted by atomic mass is 32.2. The first kappa shape index (κ1) is 19.6. The number of rotatable bonds is 7. The van der Waals surface area contributed by atoms with E-state index in [-0.39, 0.29) is 23.4 Å². The van der Waals surface area contributed by atoms with Crippen molar-refractivity contribution in [3.63, 3.8) is 0 Å². The predicted octanol–water partition coefficient (Wildman–Crippen LogP) is 1.49. The van der Waals surface area contributed by atoms with Crippen LogP contribution in [0.2, 0.25) is 0 Å². The summed E-state index contributed by atoms with van der Waals surface area (Å²) in [5, 5.41) is 8.16. The fraction of sp³-hybridized carbons (Fsp3) is 0.611. The van der Waals surface area contributed by atoms with Crippen molar-refractivity contribution in [2.75, 3.05) is 5.75 Å². The van der Waals surface area contributed by atoms with Crippen LogP contribution in [0.25, 0.3) is 0 Å². The number of aryl methyl sites for hydroxylation is 2. The van der Waals surface area contributed by atoms with Crippen molar-refractivity contribution < 1.29 is 4.79 Å². The summed E-state index contributed by atoms with van der Waals surface area (Å²) in [6, 6.07) is 1.80. The SMILES string of the molecule is CC(C)CCn1nc2n(c1=O)CCC(NC(=O)CSc1ncccn1)CC2. The molecule has 1 unspecified atom stereocenters. The molecule has 0 spiro atoms. The topological polar surface area (TPSA) is 94.7 Å². The Morgan fingerprint density at radius 1 is 1.33 bits per heavy atom. The smallest absolute Gasteiger partial charge is 0.345 e. The van der Waals surface area contributed by atoms with Crippen LogP contribution < -0.4 is 11.0 Å². The molecule has 0 bridgehead atoms. The van der Waals surface area contributed by atoms with Gasteiger partial charge in [-0.2, -0.15) is 5.10 Å². The van der Waals surface area contributed by atoms with Gasteiger partial charge < -0.3 is 5.32 Å². The fourth-order valence-electron chi connectivity index (χ4n) is 3.06. The lowest BCUT2D eigenvalue weighted by Crippen LogP contribution is -2.37. The number of hydrogen-bond donors (Lipinski definition) is 1. The molecule has 0 aromatic carbocycles. The Labute approximate surface area is 162 Å². The number of carbonyl (C=O) groups excluding carboxylic acids is 1. The van der Waals surface area contributed by atoms with Crippen molar-refractivity contribution in [2.45, 2.75) is 63.8 Å². The summed E-state index contributed by atoms with van der Waals surface area (Å²) in [6.45, 7) is 5.54. The molecule has 8 nitrogen and oxygen atoms in total. The zero-order chi connectivity index (χ0) is 19.2. The highest BCUT2D eigenvalue weighted by molar-refractivity contribution is 7.99. The molecular weight excluding hydrogens is 364 g/mol. The van der Waals surface area contributed by atoms with Gasteiger partial charge >= 0.3 is 5.69 Å². The minimum atomic E-state index is -0.0358. The van der Waals surface area contributed by atoms with Crippen molar-refractivity contribution in [2.24, 2.45) is 5.92 Å². The van der Waals surface area contributed by atoms with Crippen molar-refractivity contribution in [3.8, 4) is 0 Å². The Morgan fingerprint density at radius 2 is 2.11 bits per heavy atom. The van der Waals surface area contributed by atoms with E-state index in [1.165, 1.54) is 11.8 Å². The molecule has 0 saturated heterocycles. The van der Waals surface area contributed by atoms with E-state index in [1.54, 1.807) is 27.7 Å². The zero-order valence-electron chi connectivity index (χ0n) is 15.8. The summed E-state index contributed by atoms with van der Waals surface area (Å²) in [5.41, 5.74) is -0.0330. The number of carbonyl (C=O) groups is 1. The predicted molar refractivity (Wildman–Crippen MR) is 104 cm³/mol. The van der Waals surface area contributed by atoms with Gasteiger partial charge in [0.2, 0.25) is 5.91 Å². The number of nitrogens with zero attached hydrogens (tertiary/aromatic N) is 5. The van der Waals surface area contributed by atoms with E-state index in [0.717, 1.165) is 25.1 Å². The van der Waals surface area contributed by atoms with Gasteiger partial charge in [0.1, 0.15) is 5.82 Å². The van der Waals surface area contributed by atoms with Crippen LogP contribution in [0.4, 0.5) is 0 Å². The third-order valence-corrected chi connectivity index (χ3v) is 5.45. The molecule has 146 valence electrons. The molecular formula is C18H26N6O2S. The molecule has 1 N–H and O–H groups in total. The van der Waals surface area contributed by atoms with Gasteiger partial charge in [-0.25, -0.2) is 19.4 Å². The number of nitrogens with one attached hydrogen (secondary N) is 1. The average molecular weight is 391 g/mol. The maximum absolute atomic E-state index is 12.5. The van der Waals surface area contributed by atoms with Crippen LogP contribution in [0.5, 0.6) is 0 Å². The summed E-state index contributed by atoms with van der Waals surface area (Å²) in [5.74, 6) is 1.61. The lowest BCUT2D eigenvalue weighted by atomic mass is 10.1. The maximum Gasteiger partial charge on any atom is 0.345 e. The lowest BCUT2D eigenvalue weighted by Gasteiger charge is -2.15. The number of amides is 1. The molecule has 0 aliphatic carbocycles. The largest absolute Gasteiger partial charge is 0.353 e. The van der Waals surface area contributed by atoms with Gasteiger partial charge in [-0.15, -0.1) is 0 Å². The lowest BCUT2D eigenvalue weighted by molar-refractivity contribution is -0.119. The molecule has 0 saturated carbocycles. The average Bonchev–Trinajstić information content (AvgIpc) is 2.82. The van der Waals surface area contributed by atoms with Crippen LogP contribution in [-0.4, -0.2) is 42.0 Å². The van der Waals surface area contributed by atoms with Crippen molar-refractivity contribution in [1.82, 2.24) is 29.6 Å². The summed E-state index contributed by atoms with van der Waals surface area (Å²) >= 11 is 1.32. The van der Waals surface area contributed by atoms with Crippen LogP contribution in [0.1, 0.15) is 38.9 Å². The van der Waals surface area contributed by atoms with Crippen LogP contribution in [-0.2, 0) is 24.3 Å². The molecule has 9 heteroatoms. The van der Waals surface area contributed by atoms with Gasteiger partial charge in [-0.1, -0.05) is 25.6 Å². The third-order valence-electron chi connectivity index (χ3n) is 4.57. The molecule has 2 aromatic heterocycles. The van der Waals surface area contributed by atoms with Crippen LogP contribution >= 0.6 is 11.8 Å². The molecule has 0 fully saturated rings. The molecule has 27 heavy (non-hydrogen) atoms. The van der Waals surface area contributed by atoms with Crippen molar-refractivity contribution in [1.29, 1.82) is 0 Å². The van der Waals surface area contributed by atoms with E-state index in [2.05, 4.69) is 34.2 Å². The van der Waals surface area contributed by atoms with Crippen molar-refractivity contribution >= 4 is 17.7 Å². The second-order valence-corrected chi connectivity index (χ2v) is 8.11. The van der Waals surface area contributed by atoms with E-state index >= 15 is 0 Å². The first-order valence-electron chi connectivity index (χ1n) is 9.38. The summed E-state index contributed by atoms with van der Waals surface area (Å²) in [7, 11) is 0. The molecule has 0 radical (unpaired) electrons. The van der Waals surface area contributed by atoms with Gasteiger partial charge in [0.25, 0.3) is 0 Å². The van der Waals surface area contributed by atoms with Crippen LogP contribution in [0, 0.1) is 5.92 Å². The van der Waals surface area contributed by atoms with Crippen LogP contribution in [0.3, 0.4) is 0 Å². The van der Waals surface area contributed by atoms with Gasteiger partial charge in [-0.3, -0.25) is 9.36 Å². The highest BCUT2D eigenvalue weighted by Gasteiger charge is 2.22.